The molecule has 1 atom stereocenters. The monoisotopic (exact) mass is 244 g/mol. The topological polar surface area (TPSA) is 0 Å². The van der Waals surface area contributed by atoms with Gasteiger partial charge in [0.2, 0.25) is 0 Å². The Morgan fingerprint density at radius 3 is 2.38 bits per heavy atom. The van der Waals surface area contributed by atoms with Crippen molar-refractivity contribution in [3.05, 3.63) is 35.4 Å². The van der Waals surface area contributed by atoms with E-state index in [1.807, 2.05) is 18.2 Å². The highest BCUT2D eigenvalue weighted by Gasteiger charge is 2.15. The van der Waals surface area contributed by atoms with Crippen molar-refractivity contribution in [2.75, 3.05) is 0 Å². The molecule has 2 heteroatoms. The summed E-state index contributed by atoms with van der Waals surface area (Å²) in [6.45, 7) is 6.36. The molecule has 0 aliphatic heterocycles. The smallest absolute Gasteiger partial charge is 0.180 e. The summed E-state index contributed by atoms with van der Waals surface area (Å²) in [5, 5.41) is -1.06. The van der Waals surface area contributed by atoms with Gasteiger partial charge in [-0.05, 0) is 32.5 Å². The van der Waals surface area contributed by atoms with Gasteiger partial charge in [-0.3, -0.25) is 0 Å². The van der Waals surface area contributed by atoms with E-state index < -0.39 is 5.08 Å². The number of benzene rings is 1. The molecule has 0 aliphatic carbocycles. The van der Waals surface area contributed by atoms with E-state index >= 15 is 0 Å². The SMILES string of the molecule is CC(C)(C)c1cccc(C(F)Br)c1. The first kappa shape index (κ1) is 10.7. The van der Waals surface area contributed by atoms with Gasteiger partial charge in [0.25, 0.3) is 0 Å². The van der Waals surface area contributed by atoms with E-state index in [2.05, 4.69) is 36.7 Å². The zero-order valence-corrected chi connectivity index (χ0v) is 9.73. The van der Waals surface area contributed by atoms with Gasteiger partial charge in [-0.2, -0.15) is 0 Å². The van der Waals surface area contributed by atoms with Crippen molar-refractivity contribution in [3.63, 3.8) is 0 Å². The van der Waals surface area contributed by atoms with Crippen LogP contribution in [0, 0.1) is 0 Å². The number of alkyl halides is 2. The van der Waals surface area contributed by atoms with Crippen molar-refractivity contribution >= 4 is 15.9 Å². The fourth-order valence-electron chi connectivity index (χ4n) is 1.14. The zero-order chi connectivity index (χ0) is 10.1. The molecule has 0 saturated heterocycles. The van der Waals surface area contributed by atoms with Crippen molar-refractivity contribution in [2.24, 2.45) is 0 Å². The summed E-state index contributed by atoms with van der Waals surface area (Å²) in [5.41, 5.74) is 1.93. The Balaban J connectivity index is 3.06. The number of hydrogen-bond acceptors (Lipinski definition) is 0. The first-order chi connectivity index (χ1) is 5.91. The van der Waals surface area contributed by atoms with Gasteiger partial charge in [0, 0.05) is 0 Å². The van der Waals surface area contributed by atoms with Crippen LogP contribution in [0.15, 0.2) is 24.3 Å². The van der Waals surface area contributed by atoms with Crippen LogP contribution in [0.2, 0.25) is 0 Å². The van der Waals surface area contributed by atoms with Crippen LogP contribution in [-0.2, 0) is 5.41 Å². The van der Waals surface area contributed by atoms with E-state index in [1.54, 1.807) is 6.07 Å². The van der Waals surface area contributed by atoms with Gasteiger partial charge >= 0.3 is 0 Å². The van der Waals surface area contributed by atoms with Crippen molar-refractivity contribution in [2.45, 2.75) is 31.3 Å². The Morgan fingerprint density at radius 2 is 1.92 bits per heavy atom. The molecule has 1 unspecified atom stereocenters. The van der Waals surface area contributed by atoms with Gasteiger partial charge in [0.15, 0.2) is 5.08 Å². The molecule has 0 radical (unpaired) electrons. The van der Waals surface area contributed by atoms with Gasteiger partial charge in [0.1, 0.15) is 0 Å². The lowest BCUT2D eigenvalue weighted by molar-refractivity contribution is 0.477. The summed E-state index contributed by atoms with van der Waals surface area (Å²) in [6.07, 6.45) is 0. The standard InChI is InChI=1S/C11H14BrF/c1-11(2,3)9-6-4-5-8(7-9)10(12)13/h4-7,10H,1-3H3. The molecule has 0 saturated carbocycles. The van der Waals surface area contributed by atoms with Crippen molar-refractivity contribution in [1.29, 1.82) is 0 Å². The lowest BCUT2D eigenvalue weighted by Gasteiger charge is -2.19. The van der Waals surface area contributed by atoms with Crippen LogP contribution in [0.3, 0.4) is 0 Å². The fourth-order valence-corrected chi connectivity index (χ4v) is 1.43. The van der Waals surface area contributed by atoms with Crippen LogP contribution in [0.25, 0.3) is 0 Å². The number of rotatable bonds is 1. The van der Waals surface area contributed by atoms with E-state index in [-0.39, 0.29) is 5.41 Å². The molecule has 1 aromatic rings. The molecule has 13 heavy (non-hydrogen) atoms. The molecule has 1 rings (SSSR count). The minimum atomic E-state index is -1.06. The third kappa shape index (κ3) is 2.80. The lowest BCUT2D eigenvalue weighted by Crippen LogP contribution is -2.11. The van der Waals surface area contributed by atoms with Crippen molar-refractivity contribution in [3.8, 4) is 0 Å². The van der Waals surface area contributed by atoms with Gasteiger partial charge in [-0.25, -0.2) is 4.39 Å². The highest BCUT2D eigenvalue weighted by Crippen LogP contribution is 2.28. The Labute approximate surface area is 87.3 Å². The highest BCUT2D eigenvalue weighted by molar-refractivity contribution is 9.09. The van der Waals surface area contributed by atoms with Crippen LogP contribution < -0.4 is 0 Å². The molecule has 0 heterocycles. The maximum absolute atomic E-state index is 12.9. The van der Waals surface area contributed by atoms with Crippen molar-refractivity contribution < 1.29 is 4.39 Å². The second kappa shape index (κ2) is 3.79. The molecule has 72 valence electrons. The van der Waals surface area contributed by atoms with Gasteiger partial charge in [-0.1, -0.05) is 45.0 Å². The van der Waals surface area contributed by atoms with Gasteiger partial charge < -0.3 is 0 Å². The van der Waals surface area contributed by atoms with Crippen LogP contribution in [0.1, 0.15) is 37.0 Å². The molecule has 0 bridgehead atoms. The van der Waals surface area contributed by atoms with Crippen molar-refractivity contribution in [1.82, 2.24) is 0 Å². The highest BCUT2D eigenvalue weighted by atomic mass is 79.9. The molecule has 1 aromatic carbocycles. The molecule has 0 fully saturated rings. The third-order valence-electron chi connectivity index (χ3n) is 2.00. The van der Waals surface area contributed by atoms with Gasteiger partial charge in [-0.15, -0.1) is 0 Å². The Bertz CT molecular complexity index is 286. The quantitative estimate of drug-likeness (QED) is 0.645. The number of hydrogen-bond donors (Lipinski definition) is 0. The van der Waals surface area contributed by atoms with Crippen LogP contribution in [-0.4, -0.2) is 0 Å². The maximum atomic E-state index is 12.9. The fraction of sp³-hybridized carbons (Fsp3) is 0.455. The van der Waals surface area contributed by atoms with E-state index in [0.29, 0.717) is 5.56 Å². The van der Waals surface area contributed by atoms with E-state index in [1.165, 1.54) is 0 Å². The molecule has 0 aliphatic rings. The molecule has 0 spiro atoms. The number of halogens is 2. The van der Waals surface area contributed by atoms with Gasteiger partial charge in [0.05, 0.1) is 0 Å². The Kier molecular flexibility index (Phi) is 3.12. The minimum Gasteiger partial charge on any atom is -0.230 e. The summed E-state index contributed by atoms with van der Waals surface area (Å²) in [7, 11) is 0. The largest absolute Gasteiger partial charge is 0.230 e. The summed E-state index contributed by atoms with van der Waals surface area (Å²) in [4.78, 5) is 0. The molecule has 0 N–H and O–H groups in total. The summed E-state index contributed by atoms with van der Waals surface area (Å²) in [5.74, 6) is 0. The summed E-state index contributed by atoms with van der Waals surface area (Å²) in [6, 6.07) is 7.61. The summed E-state index contributed by atoms with van der Waals surface area (Å²) < 4.78 is 12.9. The van der Waals surface area contributed by atoms with E-state index in [0.717, 1.165) is 5.56 Å². The first-order valence-corrected chi connectivity index (χ1v) is 5.21. The molecule has 0 aromatic heterocycles. The zero-order valence-electron chi connectivity index (χ0n) is 8.14. The van der Waals surface area contributed by atoms with E-state index in [9.17, 15) is 4.39 Å². The molecular formula is C11H14BrF. The Hall–Kier alpha value is -0.370. The molecule has 0 amide bonds. The first-order valence-electron chi connectivity index (χ1n) is 4.30. The lowest BCUT2D eigenvalue weighted by atomic mass is 9.86. The second-order valence-corrected chi connectivity index (χ2v) is 4.98. The van der Waals surface area contributed by atoms with Crippen LogP contribution in [0.4, 0.5) is 4.39 Å². The maximum Gasteiger partial charge on any atom is 0.180 e. The van der Waals surface area contributed by atoms with Crippen LogP contribution in [0.5, 0.6) is 0 Å². The second-order valence-electron chi connectivity index (χ2n) is 4.18. The molecular weight excluding hydrogens is 231 g/mol. The predicted octanol–water partition coefficient (Wildman–Crippen LogP) is 4.35. The average molecular weight is 245 g/mol. The minimum absolute atomic E-state index is 0.0812. The normalized spacial score (nSPS) is 14.2. The van der Waals surface area contributed by atoms with E-state index in [4.69, 9.17) is 0 Å². The Morgan fingerprint density at radius 1 is 1.31 bits per heavy atom. The molecule has 0 nitrogen and oxygen atoms in total. The van der Waals surface area contributed by atoms with Crippen LogP contribution >= 0.6 is 15.9 Å². The summed E-state index contributed by atoms with van der Waals surface area (Å²) >= 11 is 2.92. The third-order valence-corrected chi connectivity index (χ3v) is 2.53. The average Bonchev–Trinajstić information content (AvgIpc) is 2.03. The predicted molar refractivity (Wildman–Crippen MR) is 57.9 cm³/mol.